The Bertz CT molecular complexity index is 437. The van der Waals surface area contributed by atoms with E-state index in [9.17, 15) is 5.11 Å². The summed E-state index contributed by atoms with van der Waals surface area (Å²) < 4.78 is 0. The first-order valence-corrected chi connectivity index (χ1v) is 7.36. The number of pyridine rings is 1. The van der Waals surface area contributed by atoms with Gasteiger partial charge in [0.2, 0.25) is 0 Å². The maximum atomic E-state index is 9.95. The van der Waals surface area contributed by atoms with Crippen molar-refractivity contribution >= 4 is 5.82 Å². The highest BCUT2D eigenvalue weighted by Crippen LogP contribution is 2.38. The van der Waals surface area contributed by atoms with Gasteiger partial charge in [-0.3, -0.25) is 4.90 Å². The zero-order valence-electron chi connectivity index (χ0n) is 11.5. The quantitative estimate of drug-likeness (QED) is 0.866. The van der Waals surface area contributed by atoms with Crippen LogP contribution in [0.2, 0.25) is 0 Å². The average molecular weight is 261 g/mol. The van der Waals surface area contributed by atoms with E-state index >= 15 is 0 Å². The van der Waals surface area contributed by atoms with Gasteiger partial charge in [-0.1, -0.05) is 6.07 Å². The normalized spacial score (nSPS) is 30.5. The van der Waals surface area contributed by atoms with Crippen LogP contribution in [0, 0.1) is 11.8 Å². The number of aliphatic hydroxyl groups excluding tert-OH is 1. The zero-order valence-corrected chi connectivity index (χ0v) is 11.5. The van der Waals surface area contributed by atoms with Crippen LogP contribution in [0.25, 0.3) is 0 Å². The second kappa shape index (κ2) is 5.47. The van der Waals surface area contributed by atoms with Crippen LogP contribution in [0.5, 0.6) is 0 Å². The molecule has 2 fully saturated rings. The topological polar surface area (TPSA) is 48.4 Å². The Hall–Kier alpha value is -1.13. The largest absolute Gasteiger partial charge is 0.393 e. The fourth-order valence-corrected chi connectivity index (χ4v) is 3.53. The second-order valence-electron chi connectivity index (χ2n) is 5.81. The first-order chi connectivity index (χ1) is 9.26. The molecule has 19 heavy (non-hydrogen) atoms. The molecule has 0 bridgehead atoms. The minimum Gasteiger partial charge on any atom is -0.393 e. The molecule has 3 unspecified atom stereocenters. The summed E-state index contributed by atoms with van der Waals surface area (Å²) in [6, 6.07) is 6.16. The van der Waals surface area contributed by atoms with E-state index in [1.165, 1.54) is 6.42 Å². The van der Waals surface area contributed by atoms with Crippen LogP contribution >= 0.6 is 0 Å². The SMILES string of the molecule is CCNc1cccc(CN2CC3CCC(O)C3C2)n1. The number of hydrogen-bond acceptors (Lipinski definition) is 4. The predicted octanol–water partition coefficient (Wildman–Crippen LogP) is 1.72. The van der Waals surface area contributed by atoms with Crippen molar-refractivity contribution in [1.29, 1.82) is 0 Å². The molecule has 1 aromatic rings. The van der Waals surface area contributed by atoms with Crippen LogP contribution in [0.3, 0.4) is 0 Å². The molecule has 0 amide bonds. The highest BCUT2D eigenvalue weighted by atomic mass is 16.3. The van der Waals surface area contributed by atoms with Crippen molar-refractivity contribution in [3.8, 4) is 0 Å². The standard InChI is InChI=1S/C15H23N3O/c1-2-16-15-5-3-4-12(17-15)9-18-8-11-6-7-14(19)13(11)10-18/h3-5,11,13-14,19H,2,6-10H2,1H3,(H,16,17). The zero-order chi connectivity index (χ0) is 13.2. The highest BCUT2D eigenvalue weighted by Gasteiger charge is 2.41. The van der Waals surface area contributed by atoms with Gasteiger partial charge in [-0.25, -0.2) is 4.98 Å². The summed E-state index contributed by atoms with van der Waals surface area (Å²) in [4.78, 5) is 7.06. The van der Waals surface area contributed by atoms with Crippen LogP contribution in [0.15, 0.2) is 18.2 Å². The molecule has 4 heteroatoms. The number of nitrogens with one attached hydrogen (secondary N) is 1. The molecular formula is C15H23N3O. The lowest BCUT2D eigenvalue weighted by Crippen LogP contribution is -2.24. The van der Waals surface area contributed by atoms with Gasteiger partial charge in [0.1, 0.15) is 5.82 Å². The second-order valence-corrected chi connectivity index (χ2v) is 5.81. The van der Waals surface area contributed by atoms with E-state index in [0.29, 0.717) is 11.8 Å². The fourth-order valence-electron chi connectivity index (χ4n) is 3.53. The molecule has 2 N–H and O–H groups in total. The van der Waals surface area contributed by atoms with Crippen molar-refractivity contribution in [2.24, 2.45) is 11.8 Å². The summed E-state index contributed by atoms with van der Waals surface area (Å²) in [6.07, 6.45) is 2.11. The first-order valence-electron chi connectivity index (χ1n) is 7.36. The van der Waals surface area contributed by atoms with Crippen LogP contribution in [-0.4, -0.2) is 40.7 Å². The van der Waals surface area contributed by atoms with E-state index < -0.39 is 0 Å². The molecule has 2 heterocycles. The number of aromatic nitrogens is 1. The maximum Gasteiger partial charge on any atom is 0.126 e. The number of anilines is 1. The summed E-state index contributed by atoms with van der Waals surface area (Å²) in [6.45, 7) is 6.03. The first kappa shape index (κ1) is 12.9. The van der Waals surface area contributed by atoms with Crippen LogP contribution in [0.4, 0.5) is 5.82 Å². The Labute approximate surface area is 114 Å². The summed E-state index contributed by atoms with van der Waals surface area (Å²) in [5, 5.41) is 13.2. The molecule has 0 radical (unpaired) electrons. The van der Waals surface area contributed by atoms with E-state index in [-0.39, 0.29) is 6.10 Å². The van der Waals surface area contributed by atoms with Gasteiger partial charge >= 0.3 is 0 Å². The third-order valence-electron chi connectivity index (χ3n) is 4.44. The molecule has 1 aliphatic carbocycles. The molecule has 104 valence electrons. The van der Waals surface area contributed by atoms with Gasteiger partial charge in [0.25, 0.3) is 0 Å². The van der Waals surface area contributed by atoms with E-state index in [0.717, 1.165) is 44.1 Å². The van der Waals surface area contributed by atoms with Gasteiger partial charge < -0.3 is 10.4 Å². The molecule has 1 saturated carbocycles. The number of rotatable bonds is 4. The Morgan fingerprint density at radius 3 is 3.05 bits per heavy atom. The van der Waals surface area contributed by atoms with Crippen molar-refractivity contribution in [3.05, 3.63) is 23.9 Å². The van der Waals surface area contributed by atoms with Crippen LogP contribution < -0.4 is 5.32 Å². The van der Waals surface area contributed by atoms with Crippen molar-refractivity contribution in [1.82, 2.24) is 9.88 Å². The van der Waals surface area contributed by atoms with E-state index in [4.69, 9.17) is 0 Å². The lowest BCUT2D eigenvalue weighted by atomic mass is 10.00. The van der Waals surface area contributed by atoms with Gasteiger partial charge in [0, 0.05) is 32.1 Å². The molecule has 0 spiro atoms. The highest BCUT2D eigenvalue weighted by molar-refractivity contribution is 5.35. The Balaban J connectivity index is 1.61. The summed E-state index contributed by atoms with van der Waals surface area (Å²) in [5.41, 5.74) is 1.12. The number of likely N-dealkylation sites (tertiary alicyclic amines) is 1. The van der Waals surface area contributed by atoms with E-state index in [2.05, 4.69) is 34.3 Å². The summed E-state index contributed by atoms with van der Waals surface area (Å²) in [7, 11) is 0. The van der Waals surface area contributed by atoms with E-state index in [1.807, 2.05) is 6.07 Å². The van der Waals surface area contributed by atoms with Crippen molar-refractivity contribution in [2.45, 2.75) is 32.4 Å². The van der Waals surface area contributed by atoms with Gasteiger partial charge in [0.15, 0.2) is 0 Å². The van der Waals surface area contributed by atoms with Crippen LogP contribution in [0.1, 0.15) is 25.5 Å². The van der Waals surface area contributed by atoms with Gasteiger partial charge in [-0.05, 0) is 37.8 Å². The molecule has 1 aromatic heterocycles. The molecule has 3 rings (SSSR count). The number of fused-ring (bicyclic) bond motifs is 1. The molecule has 4 nitrogen and oxygen atoms in total. The molecule has 3 atom stereocenters. The van der Waals surface area contributed by atoms with Crippen molar-refractivity contribution in [3.63, 3.8) is 0 Å². The maximum absolute atomic E-state index is 9.95. The Kier molecular flexibility index (Phi) is 3.71. The average Bonchev–Trinajstić information content (AvgIpc) is 2.93. The smallest absolute Gasteiger partial charge is 0.126 e. The van der Waals surface area contributed by atoms with Crippen LogP contribution in [-0.2, 0) is 6.54 Å². The Morgan fingerprint density at radius 2 is 2.26 bits per heavy atom. The van der Waals surface area contributed by atoms with Gasteiger partial charge in [-0.2, -0.15) is 0 Å². The fraction of sp³-hybridized carbons (Fsp3) is 0.667. The Morgan fingerprint density at radius 1 is 1.37 bits per heavy atom. The minimum absolute atomic E-state index is 0.0731. The molecule has 2 aliphatic rings. The number of nitrogens with zero attached hydrogens (tertiary/aromatic N) is 2. The van der Waals surface area contributed by atoms with Gasteiger partial charge in [0.05, 0.1) is 11.8 Å². The third-order valence-corrected chi connectivity index (χ3v) is 4.44. The third kappa shape index (κ3) is 2.74. The monoisotopic (exact) mass is 261 g/mol. The minimum atomic E-state index is -0.0731. The lowest BCUT2D eigenvalue weighted by molar-refractivity contribution is 0.123. The molecule has 1 aliphatic heterocycles. The van der Waals surface area contributed by atoms with Crippen molar-refractivity contribution in [2.75, 3.05) is 25.0 Å². The number of hydrogen-bond donors (Lipinski definition) is 2. The summed E-state index contributed by atoms with van der Waals surface area (Å²) in [5.74, 6) is 2.16. The molecular weight excluding hydrogens is 238 g/mol. The van der Waals surface area contributed by atoms with Gasteiger partial charge in [-0.15, -0.1) is 0 Å². The van der Waals surface area contributed by atoms with Crippen molar-refractivity contribution < 1.29 is 5.11 Å². The lowest BCUT2D eigenvalue weighted by Gasteiger charge is -2.17. The predicted molar refractivity (Wildman–Crippen MR) is 75.9 cm³/mol. The number of aliphatic hydroxyl groups is 1. The molecule has 0 aromatic carbocycles. The molecule has 1 saturated heterocycles. The summed E-state index contributed by atoms with van der Waals surface area (Å²) >= 11 is 0. The van der Waals surface area contributed by atoms with E-state index in [1.54, 1.807) is 0 Å².